The Labute approximate surface area is 89.5 Å². The van der Waals surface area contributed by atoms with Gasteiger partial charge in [-0.2, -0.15) is 0 Å². The fourth-order valence-corrected chi connectivity index (χ4v) is 1.11. The second kappa shape index (κ2) is 5.20. The first kappa shape index (κ1) is 11.3. The second-order valence-electron chi connectivity index (χ2n) is 3.36. The van der Waals surface area contributed by atoms with Crippen LogP contribution >= 0.6 is 0 Å². The van der Waals surface area contributed by atoms with Gasteiger partial charge in [-0.3, -0.25) is 0 Å². The monoisotopic (exact) mass is 206 g/mol. The summed E-state index contributed by atoms with van der Waals surface area (Å²) < 4.78 is 12.6. The number of rotatable bonds is 5. The molecule has 0 atom stereocenters. The van der Waals surface area contributed by atoms with Crippen LogP contribution in [0.5, 0.6) is 0 Å². The molecule has 80 valence electrons. The van der Waals surface area contributed by atoms with Crippen LogP contribution in [0.25, 0.3) is 0 Å². The van der Waals surface area contributed by atoms with Crippen LogP contribution in [0, 0.1) is 5.82 Å². The van der Waals surface area contributed by atoms with Gasteiger partial charge in [0.25, 0.3) is 0 Å². The standard InChI is InChI=1S/C12H15FN2/c1-9(2)15-10(3)14-8-11-4-6-12(13)7-5-11/h4-7,14-15H,1,3,8H2,2H3. The SMILES string of the molecule is C=C(C)NC(=C)NCc1ccc(F)cc1. The molecule has 1 aromatic rings. The van der Waals surface area contributed by atoms with Crippen molar-refractivity contribution in [3.05, 3.63) is 60.3 Å². The van der Waals surface area contributed by atoms with Crippen LogP contribution in [0.2, 0.25) is 0 Å². The molecule has 0 aromatic heterocycles. The molecule has 0 fully saturated rings. The number of halogens is 1. The van der Waals surface area contributed by atoms with Crippen LogP contribution in [0.1, 0.15) is 12.5 Å². The summed E-state index contributed by atoms with van der Waals surface area (Å²) >= 11 is 0. The molecule has 0 spiro atoms. The molecule has 0 aliphatic rings. The summed E-state index contributed by atoms with van der Waals surface area (Å²) in [6.45, 7) is 9.93. The molecule has 0 saturated carbocycles. The average molecular weight is 206 g/mol. The molecule has 0 amide bonds. The Kier molecular flexibility index (Phi) is 3.92. The maximum absolute atomic E-state index is 12.6. The van der Waals surface area contributed by atoms with Crippen molar-refractivity contribution in [2.75, 3.05) is 0 Å². The van der Waals surface area contributed by atoms with Crippen molar-refractivity contribution >= 4 is 0 Å². The molecule has 0 unspecified atom stereocenters. The molecular weight excluding hydrogens is 191 g/mol. The minimum atomic E-state index is -0.224. The Bertz CT molecular complexity index is 354. The van der Waals surface area contributed by atoms with E-state index in [-0.39, 0.29) is 5.82 Å². The number of nitrogens with one attached hydrogen (secondary N) is 2. The van der Waals surface area contributed by atoms with E-state index in [1.807, 2.05) is 6.92 Å². The third-order valence-corrected chi connectivity index (χ3v) is 1.78. The van der Waals surface area contributed by atoms with Crippen LogP contribution in [0.3, 0.4) is 0 Å². The zero-order chi connectivity index (χ0) is 11.3. The van der Waals surface area contributed by atoms with Gasteiger partial charge in [-0.15, -0.1) is 0 Å². The van der Waals surface area contributed by atoms with Gasteiger partial charge in [-0.05, 0) is 24.6 Å². The molecule has 0 aliphatic carbocycles. The lowest BCUT2D eigenvalue weighted by atomic mass is 10.2. The molecule has 15 heavy (non-hydrogen) atoms. The topological polar surface area (TPSA) is 24.1 Å². The van der Waals surface area contributed by atoms with Crippen LogP contribution in [-0.2, 0) is 6.54 Å². The maximum atomic E-state index is 12.6. The summed E-state index contributed by atoms with van der Waals surface area (Å²) in [7, 11) is 0. The first-order valence-electron chi connectivity index (χ1n) is 4.67. The van der Waals surface area contributed by atoms with Gasteiger partial charge in [0.05, 0.1) is 5.82 Å². The highest BCUT2D eigenvalue weighted by Crippen LogP contribution is 2.02. The van der Waals surface area contributed by atoms with E-state index < -0.39 is 0 Å². The predicted octanol–water partition coefficient (Wildman–Crippen LogP) is 2.51. The van der Waals surface area contributed by atoms with E-state index in [0.29, 0.717) is 12.4 Å². The lowest BCUT2D eigenvalue weighted by Crippen LogP contribution is -2.23. The Morgan fingerprint density at radius 1 is 1.27 bits per heavy atom. The van der Waals surface area contributed by atoms with Crippen LogP contribution in [-0.4, -0.2) is 0 Å². The lowest BCUT2D eigenvalue weighted by Gasteiger charge is -2.11. The second-order valence-corrected chi connectivity index (χ2v) is 3.36. The zero-order valence-electron chi connectivity index (χ0n) is 8.81. The molecular formula is C12H15FN2. The van der Waals surface area contributed by atoms with Gasteiger partial charge in [0.2, 0.25) is 0 Å². The molecule has 3 heteroatoms. The molecule has 1 aromatic carbocycles. The fourth-order valence-electron chi connectivity index (χ4n) is 1.11. The zero-order valence-corrected chi connectivity index (χ0v) is 8.81. The predicted molar refractivity (Wildman–Crippen MR) is 60.3 cm³/mol. The van der Waals surface area contributed by atoms with Crippen molar-refractivity contribution < 1.29 is 4.39 Å². The van der Waals surface area contributed by atoms with Crippen LogP contribution in [0.4, 0.5) is 4.39 Å². The van der Waals surface area contributed by atoms with E-state index in [1.54, 1.807) is 12.1 Å². The Morgan fingerprint density at radius 2 is 1.87 bits per heavy atom. The highest BCUT2D eigenvalue weighted by Gasteiger charge is 1.95. The molecule has 2 N–H and O–H groups in total. The van der Waals surface area contributed by atoms with E-state index in [0.717, 1.165) is 11.3 Å². The van der Waals surface area contributed by atoms with Gasteiger partial charge in [0.15, 0.2) is 0 Å². The number of hydrogen-bond acceptors (Lipinski definition) is 2. The highest BCUT2D eigenvalue weighted by molar-refractivity contribution is 5.16. The fraction of sp³-hybridized carbons (Fsp3) is 0.167. The summed E-state index contributed by atoms with van der Waals surface area (Å²) in [5.41, 5.74) is 1.83. The van der Waals surface area contributed by atoms with Gasteiger partial charge >= 0.3 is 0 Å². The Balaban J connectivity index is 2.40. The van der Waals surface area contributed by atoms with Crippen LogP contribution in [0.15, 0.2) is 48.9 Å². The van der Waals surface area contributed by atoms with Gasteiger partial charge in [0.1, 0.15) is 5.82 Å². The first-order chi connectivity index (χ1) is 7.08. The number of benzene rings is 1. The maximum Gasteiger partial charge on any atom is 0.123 e. The van der Waals surface area contributed by atoms with Gasteiger partial charge in [0, 0.05) is 12.2 Å². The third kappa shape index (κ3) is 4.31. The summed E-state index contributed by atoms with van der Waals surface area (Å²) in [6, 6.07) is 6.34. The van der Waals surface area contributed by atoms with Crippen molar-refractivity contribution in [2.24, 2.45) is 0 Å². The van der Waals surface area contributed by atoms with Crippen LogP contribution < -0.4 is 10.6 Å². The normalized spacial score (nSPS) is 9.47. The molecule has 0 aliphatic heterocycles. The first-order valence-corrected chi connectivity index (χ1v) is 4.67. The summed E-state index contributed by atoms with van der Waals surface area (Å²) in [6.07, 6.45) is 0. The summed E-state index contributed by atoms with van der Waals surface area (Å²) in [5, 5.41) is 6.01. The van der Waals surface area contributed by atoms with E-state index in [9.17, 15) is 4.39 Å². The molecule has 0 saturated heterocycles. The van der Waals surface area contributed by atoms with Crippen molar-refractivity contribution in [3.63, 3.8) is 0 Å². The quantitative estimate of drug-likeness (QED) is 0.773. The van der Waals surface area contributed by atoms with Crippen molar-refractivity contribution in [2.45, 2.75) is 13.5 Å². The molecule has 0 radical (unpaired) electrons. The molecule has 0 heterocycles. The third-order valence-electron chi connectivity index (χ3n) is 1.78. The number of allylic oxidation sites excluding steroid dienone is 1. The average Bonchev–Trinajstić information content (AvgIpc) is 2.16. The Morgan fingerprint density at radius 3 is 2.40 bits per heavy atom. The van der Waals surface area contributed by atoms with Crippen molar-refractivity contribution in [1.29, 1.82) is 0 Å². The lowest BCUT2D eigenvalue weighted by molar-refractivity contribution is 0.626. The van der Waals surface area contributed by atoms with Crippen molar-refractivity contribution in [1.82, 2.24) is 10.6 Å². The van der Waals surface area contributed by atoms with E-state index in [1.165, 1.54) is 12.1 Å². The van der Waals surface area contributed by atoms with Gasteiger partial charge < -0.3 is 10.6 Å². The smallest absolute Gasteiger partial charge is 0.123 e. The minimum absolute atomic E-state index is 0.224. The van der Waals surface area contributed by atoms with Gasteiger partial charge in [-0.1, -0.05) is 25.3 Å². The van der Waals surface area contributed by atoms with Crippen molar-refractivity contribution in [3.8, 4) is 0 Å². The minimum Gasteiger partial charge on any atom is -0.368 e. The summed E-state index contributed by atoms with van der Waals surface area (Å²) in [5.74, 6) is 0.462. The molecule has 2 nitrogen and oxygen atoms in total. The highest BCUT2D eigenvalue weighted by atomic mass is 19.1. The summed E-state index contributed by atoms with van der Waals surface area (Å²) in [4.78, 5) is 0. The Hall–Kier alpha value is -1.77. The largest absolute Gasteiger partial charge is 0.368 e. The van der Waals surface area contributed by atoms with E-state index >= 15 is 0 Å². The number of hydrogen-bond donors (Lipinski definition) is 2. The molecule has 0 bridgehead atoms. The molecule has 1 rings (SSSR count). The van der Waals surface area contributed by atoms with Gasteiger partial charge in [-0.25, -0.2) is 4.39 Å². The van der Waals surface area contributed by atoms with E-state index in [4.69, 9.17) is 0 Å². The van der Waals surface area contributed by atoms with E-state index in [2.05, 4.69) is 23.8 Å².